The van der Waals surface area contributed by atoms with Crippen LogP contribution in [0.3, 0.4) is 0 Å². The molecule has 132 valence electrons. The SMILES string of the molecule is CCCOc1ccccc1OCC(=O)NNC(=O)c1ccccc1Cl. The predicted octanol–water partition coefficient (Wildman–Crippen LogP) is 2.97. The maximum Gasteiger partial charge on any atom is 0.276 e. The highest BCUT2D eigenvalue weighted by Gasteiger charge is 2.11. The number of carbonyl (C=O) groups excluding carboxylic acids is 2. The van der Waals surface area contributed by atoms with Crippen LogP contribution < -0.4 is 20.3 Å². The van der Waals surface area contributed by atoms with E-state index in [1.165, 1.54) is 0 Å². The van der Waals surface area contributed by atoms with Crippen LogP contribution >= 0.6 is 11.6 Å². The van der Waals surface area contributed by atoms with Gasteiger partial charge in [-0.25, -0.2) is 0 Å². The van der Waals surface area contributed by atoms with Gasteiger partial charge in [0, 0.05) is 0 Å². The van der Waals surface area contributed by atoms with Crippen molar-refractivity contribution in [1.82, 2.24) is 10.9 Å². The summed E-state index contributed by atoms with van der Waals surface area (Å²) in [5.74, 6) is 0.0112. The number of halogens is 1. The van der Waals surface area contributed by atoms with Crippen molar-refractivity contribution < 1.29 is 19.1 Å². The van der Waals surface area contributed by atoms with E-state index in [2.05, 4.69) is 10.9 Å². The van der Waals surface area contributed by atoms with Crippen molar-refractivity contribution >= 4 is 23.4 Å². The first kappa shape index (κ1) is 18.6. The smallest absolute Gasteiger partial charge is 0.276 e. The molecule has 0 aromatic heterocycles. The van der Waals surface area contributed by atoms with E-state index in [1.807, 2.05) is 13.0 Å². The van der Waals surface area contributed by atoms with Crippen LogP contribution in [0.5, 0.6) is 11.5 Å². The van der Waals surface area contributed by atoms with E-state index in [4.69, 9.17) is 21.1 Å². The molecular weight excluding hydrogens is 344 g/mol. The van der Waals surface area contributed by atoms with Crippen LogP contribution in [0, 0.1) is 0 Å². The van der Waals surface area contributed by atoms with Crippen LogP contribution in [0.1, 0.15) is 23.7 Å². The van der Waals surface area contributed by atoms with Gasteiger partial charge in [0.05, 0.1) is 17.2 Å². The first-order chi connectivity index (χ1) is 12.1. The number of hydrogen-bond acceptors (Lipinski definition) is 4. The number of carbonyl (C=O) groups is 2. The molecule has 0 bridgehead atoms. The molecule has 0 heterocycles. The predicted molar refractivity (Wildman–Crippen MR) is 94.8 cm³/mol. The number of amides is 2. The summed E-state index contributed by atoms with van der Waals surface area (Å²) in [6, 6.07) is 13.6. The molecule has 0 aliphatic heterocycles. The fraction of sp³-hybridized carbons (Fsp3) is 0.222. The van der Waals surface area contributed by atoms with E-state index >= 15 is 0 Å². The summed E-state index contributed by atoms with van der Waals surface area (Å²) < 4.78 is 11.0. The number of hydrazine groups is 1. The van der Waals surface area contributed by atoms with Gasteiger partial charge in [0.15, 0.2) is 18.1 Å². The van der Waals surface area contributed by atoms with Crippen LogP contribution in [0.2, 0.25) is 5.02 Å². The molecule has 2 aromatic rings. The van der Waals surface area contributed by atoms with Gasteiger partial charge >= 0.3 is 0 Å². The summed E-state index contributed by atoms with van der Waals surface area (Å²) in [7, 11) is 0. The Bertz CT molecular complexity index is 737. The molecule has 0 aliphatic carbocycles. The van der Waals surface area contributed by atoms with E-state index in [0.29, 0.717) is 23.1 Å². The van der Waals surface area contributed by atoms with Crippen LogP contribution in [0.4, 0.5) is 0 Å². The number of para-hydroxylation sites is 2. The lowest BCUT2D eigenvalue weighted by atomic mass is 10.2. The third-order valence-corrected chi connectivity index (χ3v) is 3.43. The maximum atomic E-state index is 11.9. The molecule has 2 aromatic carbocycles. The molecule has 6 nitrogen and oxygen atoms in total. The molecule has 25 heavy (non-hydrogen) atoms. The Kier molecular flexibility index (Phi) is 7.10. The van der Waals surface area contributed by atoms with Crippen molar-refractivity contribution in [3.8, 4) is 11.5 Å². The Morgan fingerprint density at radius 2 is 1.60 bits per heavy atom. The molecule has 0 atom stereocenters. The molecule has 2 rings (SSSR count). The lowest BCUT2D eigenvalue weighted by molar-refractivity contribution is -0.123. The van der Waals surface area contributed by atoms with Crippen molar-refractivity contribution in [2.75, 3.05) is 13.2 Å². The average Bonchev–Trinajstić information content (AvgIpc) is 2.63. The summed E-state index contributed by atoms with van der Waals surface area (Å²) in [6.07, 6.45) is 0.864. The quantitative estimate of drug-likeness (QED) is 0.742. The molecule has 0 fully saturated rings. The monoisotopic (exact) mass is 362 g/mol. The van der Waals surface area contributed by atoms with Gasteiger partial charge in [0.1, 0.15) is 0 Å². The highest BCUT2D eigenvalue weighted by Crippen LogP contribution is 2.26. The molecule has 0 aliphatic rings. The second-order valence-corrected chi connectivity index (χ2v) is 5.47. The summed E-state index contributed by atoms with van der Waals surface area (Å²) in [5, 5.41) is 0.299. The standard InChI is InChI=1S/C18H19ClN2O4/c1-2-11-24-15-9-5-6-10-16(15)25-12-17(22)20-21-18(23)13-7-3-4-8-14(13)19/h3-10H,2,11-12H2,1H3,(H,20,22)(H,21,23). The number of rotatable bonds is 7. The molecule has 0 unspecified atom stereocenters. The highest BCUT2D eigenvalue weighted by atomic mass is 35.5. The van der Waals surface area contributed by atoms with E-state index in [-0.39, 0.29) is 12.2 Å². The van der Waals surface area contributed by atoms with Crippen LogP contribution in [0.15, 0.2) is 48.5 Å². The first-order valence-corrected chi connectivity index (χ1v) is 8.18. The number of benzene rings is 2. The van der Waals surface area contributed by atoms with Gasteiger partial charge in [-0.15, -0.1) is 0 Å². The summed E-state index contributed by atoms with van der Waals surface area (Å²) in [6.45, 7) is 2.29. The third kappa shape index (κ3) is 5.69. The van der Waals surface area contributed by atoms with Crippen LogP contribution in [-0.2, 0) is 4.79 Å². The zero-order valence-electron chi connectivity index (χ0n) is 13.8. The minimum absolute atomic E-state index is 0.267. The van der Waals surface area contributed by atoms with Crippen LogP contribution in [0.25, 0.3) is 0 Å². The fourth-order valence-electron chi connectivity index (χ4n) is 1.92. The van der Waals surface area contributed by atoms with Crippen molar-refractivity contribution in [3.05, 3.63) is 59.1 Å². The summed E-state index contributed by atoms with van der Waals surface area (Å²) in [5.41, 5.74) is 4.84. The number of nitrogens with one attached hydrogen (secondary N) is 2. The molecule has 0 saturated carbocycles. The molecule has 2 amide bonds. The number of hydrogen-bond donors (Lipinski definition) is 2. The molecule has 7 heteroatoms. The highest BCUT2D eigenvalue weighted by molar-refractivity contribution is 6.33. The van der Waals surface area contributed by atoms with Gasteiger partial charge in [-0.3, -0.25) is 20.4 Å². The Hall–Kier alpha value is -2.73. The van der Waals surface area contributed by atoms with Gasteiger partial charge < -0.3 is 9.47 Å². The van der Waals surface area contributed by atoms with E-state index in [9.17, 15) is 9.59 Å². The first-order valence-electron chi connectivity index (χ1n) is 7.80. The molecule has 2 N–H and O–H groups in total. The lowest BCUT2D eigenvalue weighted by Gasteiger charge is -2.12. The fourth-order valence-corrected chi connectivity index (χ4v) is 2.14. The third-order valence-electron chi connectivity index (χ3n) is 3.10. The van der Waals surface area contributed by atoms with Gasteiger partial charge in [-0.05, 0) is 30.7 Å². The second kappa shape index (κ2) is 9.54. The Labute approximate surface area is 151 Å². The Morgan fingerprint density at radius 3 is 2.28 bits per heavy atom. The lowest BCUT2D eigenvalue weighted by Crippen LogP contribution is -2.43. The van der Waals surface area contributed by atoms with E-state index in [0.717, 1.165) is 6.42 Å². The largest absolute Gasteiger partial charge is 0.490 e. The van der Waals surface area contributed by atoms with Crippen molar-refractivity contribution in [3.63, 3.8) is 0 Å². The van der Waals surface area contributed by atoms with E-state index in [1.54, 1.807) is 42.5 Å². The van der Waals surface area contributed by atoms with Gasteiger partial charge in [0.25, 0.3) is 11.8 Å². The molecule has 0 spiro atoms. The minimum atomic E-state index is -0.509. The zero-order valence-corrected chi connectivity index (χ0v) is 14.5. The van der Waals surface area contributed by atoms with Crippen molar-refractivity contribution in [1.29, 1.82) is 0 Å². The van der Waals surface area contributed by atoms with Crippen molar-refractivity contribution in [2.24, 2.45) is 0 Å². The molecule has 0 radical (unpaired) electrons. The zero-order chi connectivity index (χ0) is 18.1. The Morgan fingerprint density at radius 1 is 0.960 bits per heavy atom. The van der Waals surface area contributed by atoms with Crippen molar-refractivity contribution in [2.45, 2.75) is 13.3 Å². The van der Waals surface area contributed by atoms with E-state index < -0.39 is 11.8 Å². The topological polar surface area (TPSA) is 76.7 Å². The Balaban J connectivity index is 1.83. The average molecular weight is 363 g/mol. The second-order valence-electron chi connectivity index (χ2n) is 5.07. The summed E-state index contributed by atoms with van der Waals surface area (Å²) in [4.78, 5) is 23.8. The molecule has 0 saturated heterocycles. The number of ether oxygens (including phenoxy) is 2. The normalized spacial score (nSPS) is 10.0. The maximum absolute atomic E-state index is 11.9. The summed E-state index contributed by atoms with van der Waals surface area (Å²) >= 11 is 5.92. The minimum Gasteiger partial charge on any atom is -0.490 e. The van der Waals surface area contributed by atoms with Gasteiger partial charge in [-0.2, -0.15) is 0 Å². The van der Waals surface area contributed by atoms with Gasteiger partial charge in [0.2, 0.25) is 0 Å². The molecular formula is C18H19ClN2O4. The van der Waals surface area contributed by atoms with Crippen LogP contribution in [-0.4, -0.2) is 25.0 Å². The van der Waals surface area contributed by atoms with Gasteiger partial charge in [-0.1, -0.05) is 42.8 Å².